The Kier molecular flexibility index (Phi) is 4.17. The van der Waals surface area contributed by atoms with Gasteiger partial charge in [0.05, 0.1) is 13.5 Å². The van der Waals surface area contributed by atoms with Crippen molar-refractivity contribution in [2.24, 2.45) is 0 Å². The molecule has 0 spiro atoms. The fourth-order valence-electron chi connectivity index (χ4n) is 1.05. The van der Waals surface area contributed by atoms with Crippen LogP contribution in [0.3, 0.4) is 0 Å². The maximum absolute atomic E-state index is 12.3. The third-order valence-electron chi connectivity index (χ3n) is 1.83. The first-order chi connectivity index (χ1) is 7.45. The van der Waals surface area contributed by atoms with Crippen molar-refractivity contribution in [1.82, 2.24) is 4.98 Å². The molecule has 16 heavy (non-hydrogen) atoms. The lowest BCUT2D eigenvalue weighted by molar-refractivity contribution is -0.139. The van der Waals surface area contributed by atoms with Crippen LogP contribution in [0.1, 0.15) is 17.7 Å². The zero-order chi connectivity index (χ0) is 12.3. The molecule has 0 atom stereocenters. The smallest absolute Gasteiger partial charge is 0.310 e. The highest BCUT2D eigenvalue weighted by molar-refractivity contribution is 9.10. The molecule has 0 unspecified atom stereocenters. The molecule has 7 heteroatoms. The minimum atomic E-state index is -2.87. The first-order valence-electron chi connectivity index (χ1n) is 4.19. The van der Waals surface area contributed by atoms with E-state index < -0.39 is 23.8 Å². The number of carbonyl (C=O) groups is 1. The molecule has 1 N–H and O–H groups in total. The molecule has 88 valence electrons. The highest BCUT2D eigenvalue weighted by Crippen LogP contribution is 2.30. The van der Waals surface area contributed by atoms with Gasteiger partial charge in [-0.05, 0) is 27.6 Å². The fourth-order valence-corrected chi connectivity index (χ4v) is 1.49. The molecule has 0 saturated carbocycles. The van der Waals surface area contributed by atoms with Gasteiger partial charge in [0.25, 0.3) is 6.43 Å². The van der Waals surface area contributed by atoms with E-state index in [0.29, 0.717) is 0 Å². The number of hydrogen-bond donors (Lipinski definition) is 1. The third kappa shape index (κ3) is 2.88. The summed E-state index contributed by atoms with van der Waals surface area (Å²) < 4.78 is 29.2. The SMILES string of the molecule is COC(=O)Cc1cc(O)c(C(F)F)nc1Br. The minimum absolute atomic E-state index is 0.0889. The number of rotatable bonds is 3. The molecule has 1 aromatic heterocycles. The molecule has 1 aromatic rings. The van der Waals surface area contributed by atoms with E-state index in [0.717, 1.165) is 6.07 Å². The Hall–Kier alpha value is -1.24. The van der Waals surface area contributed by atoms with E-state index in [1.54, 1.807) is 0 Å². The van der Waals surface area contributed by atoms with Crippen LogP contribution in [0.2, 0.25) is 0 Å². The number of nitrogens with zero attached hydrogens (tertiary/aromatic N) is 1. The zero-order valence-corrected chi connectivity index (χ0v) is 9.79. The zero-order valence-electron chi connectivity index (χ0n) is 8.21. The van der Waals surface area contributed by atoms with Crippen molar-refractivity contribution in [1.29, 1.82) is 0 Å². The average molecular weight is 296 g/mol. The van der Waals surface area contributed by atoms with Crippen LogP contribution in [-0.2, 0) is 16.0 Å². The predicted molar refractivity (Wildman–Crippen MR) is 54.3 cm³/mol. The van der Waals surface area contributed by atoms with Crippen LogP contribution in [-0.4, -0.2) is 23.2 Å². The minimum Gasteiger partial charge on any atom is -0.506 e. The van der Waals surface area contributed by atoms with Gasteiger partial charge in [-0.2, -0.15) is 0 Å². The van der Waals surface area contributed by atoms with Crippen molar-refractivity contribution < 1.29 is 23.4 Å². The second-order valence-corrected chi connectivity index (χ2v) is 3.65. The van der Waals surface area contributed by atoms with Gasteiger partial charge in [0, 0.05) is 0 Å². The lowest BCUT2D eigenvalue weighted by atomic mass is 10.2. The maximum Gasteiger partial charge on any atom is 0.310 e. The van der Waals surface area contributed by atoms with Crippen LogP contribution in [0.15, 0.2) is 10.7 Å². The van der Waals surface area contributed by atoms with Crippen molar-refractivity contribution >= 4 is 21.9 Å². The van der Waals surface area contributed by atoms with Gasteiger partial charge in [-0.3, -0.25) is 4.79 Å². The first-order valence-corrected chi connectivity index (χ1v) is 4.98. The number of halogens is 3. The molecule has 1 heterocycles. The third-order valence-corrected chi connectivity index (χ3v) is 2.51. The van der Waals surface area contributed by atoms with Crippen LogP contribution < -0.4 is 0 Å². The topological polar surface area (TPSA) is 59.4 Å². The van der Waals surface area contributed by atoms with Gasteiger partial charge in [-0.15, -0.1) is 0 Å². The normalized spacial score (nSPS) is 10.6. The Morgan fingerprint density at radius 2 is 2.31 bits per heavy atom. The average Bonchev–Trinajstić information content (AvgIpc) is 2.22. The highest BCUT2D eigenvalue weighted by Gasteiger charge is 2.18. The predicted octanol–water partition coefficient (Wildman–Crippen LogP) is 2.20. The molecule has 0 aliphatic heterocycles. The van der Waals surface area contributed by atoms with Crippen molar-refractivity contribution in [3.05, 3.63) is 21.9 Å². The summed E-state index contributed by atoms with van der Waals surface area (Å²) in [6.45, 7) is 0. The summed E-state index contributed by atoms with van der Waals surface area (Å²) >= 11 is 2.94. The molecule has 0 fully saturated rings. The Labute approximate surface area is 98.4 Å². The standard InChI is InChI=1S/C9H8BrF2NO3/c1-16-6(15)3-4-2-5(14)7(9(11)12)13-8(4)10/h2,9,14H,3H2,1H3. The van der Waals surface area contributed by atoms with Crippen LogP contribution >= 0.6 is 15.9 Å². The van der Waals surface area contributed by atoms with E-state index in [-0.39, 0.29) is 16.6 Å². The molecule has 0 radical (unpaired) electrons. The van der Waals surface area contributed by atoms with Gasteiger partial charge >= 0.3 is 5.97 Å². The summed E-state index contributed by atoms with van der Waals surface area (Å²) in [4.78, 5) is 14.4. The Balaban J connectivity index is 3.05. The van der Waals surface area contributed by atoms with Gasteiger partial charge in [-0.25, -0.2) is 13.8 Å². The van der Waals surface area contributed by atoms with E-state index in [1.807, 2.05) is 0 Å². The molecule has 0 aromatic carbocycles. The molecule has 0 aliphatic rings. The summed E-state index contributed by atoms with van der Waals surface area (Å²) in [6.07, 6.45) is -3.02. The number of alkyl halides is 2. The number of carbonyl (C=O) groups excluding carboxylic acids is 1. The van der Waals surface area contributed by atoms with Gasteiger partial charge in [0.2, 0.25) is 0 Å². The number of aromatic hydroxyl groups is 1. The number of ether oxygens (including phenoxy) is 1. The number of aromatic nitrogens is 1. The van der Waals surface area contributed by atoms with Crippen LogP contribution in [0, 0.1) is 0 Å². The number of pyridine rings is 1. The molecule has 0 amide bonds. The lowest BCUT2D eigenvalue weighted by Gasteiger charge is -2.07. The number of esters is 1. The summed E-state index contributed by atoms with van der Waals surface area (Å²) in [5.74, 6) is -1.19. The summed E-state index contributed by atoms with van der Waals surface area (Å²) in [7, 11) is 1.21. The van der Waals surface area contributed by atoms with Crippen LogP contribution in [0.4, 0.5) is 8.78 Å². The van der Waals surface area contributed by atoms with Crippen molar-refractivity contribution in [3.8, 4) is 5.75 Å². The molecule has 0 saturated heterocycles. The van der Waals surface area contributed by atoms with Gasteiger partial charge in [-0.1, -0.05) is 0 Å². The van der Waals surface area contributed by atoms with Crippen molar-refractivity contribution in [2.45, 2.75) is 12.8 Å². The van der Waals surface area contributed by atoms with Gasteiger partial charge < -0.3 is 9.84 Å². The van der Waals surface area contributed by atoms with Gasteiger partial charge in [0.1, 0.15) is 16.0 Å². The van der Waals surface area contributed by atoms with Crippen molar-refractivity contribution in [2.75, 3.05) is 7.11 Å². The highest BCUT2D eigenvalue weighted by atomic mass is 79.9. The van der Waals surface area contributed by atoms with E-state index in [9.17, 15) is 18.7 Å². The molecule has 0 bridgehead atoms. The Morgan fingerprint density at radius 1 is 1.69 bits per heavy atom. The Bertz CT molecular complexity index is 412. The lowest BCUT2D eigenvalue weighted by Crippen LogP contribution is -2.06. The largest absolute Gasteiger partial charge is 0.506 e. The maximum atomic E-state index is 12.3. The monoisotopic (exact) mass is 295 g/mol. The molecule has 4 nitrogen and oxygen atoms in total. The summed E-state index contributed by atoms with van der Waals surface area (Å²) in [6, 6.07) is 1.06. The second kappa shape index (κ2) is 5.20. The summed E-state index contributed by atoms with van der Waals surface area (Å²) in [5.41, 5.74) is -0.436. The quantitative estimate of drug-likeness (QED) is 0.686. The van der Waals surface area contributed by atoms with Gasteiger partial charge in [0.15, 0.2) is 0 Å². The Morgan fingerprint density at radius 3 is 2.81 bits per heavy atom. The van der Waals surface area contributed by atoms with E-state index >= 15 is 0 Å². The van der Waals surface area contributed by atoms with Crippen LogP contribution in [0.5, 0.6) is 5.75 Å². The molecular weight excluding hydrogens is 288 g/mol. The second-order valence-electron chi connectivity index (χ2n) is 2.90. The van der Waals surface area contributed by atoms with E-state index in [1.165, 1.54) is 7.11 Å². The molecular formula is C9H8BrF2NO3. The fraction of sp³-hybridized carbons (Fsp3) is 0.333. The van der Waals surface area contributed by atoms with Crippen LogP contribution in [0.25, 0.3) is 0 Å². The van der Waals surface area contributed by atoms with Crippen molar-refractivity contribution in [3.63, 3.8) is 0 Å². The van der Waals surface area contributed by atoms with E-state index in [4.69, 9.17) is 0 Å². The number of hydrogen-bond acceptors (Lipinski definition) is 4. The number of methoxy groups -OCH3 is 1. The van der Waals surface area contributed by atoms with E-state index in [2.05, 4.69) is 25.7 Å². The summed E-state index contributed by atoms with van der Waals surface area (Å²) in [5, 5.41) is 9.26. The first kappa shape index (κ1) is 12.8. The molecule has 0 aliphatic carbocycles. The molecule has 1 rings (SSSR count).